The molecule has 0 unspecified atom stereocenters. The molecule has 0 atom stereocenters. The lowest BCUT2D eigenvalue weighted by molar-refractivity contribution is 0.667. The van der Waals surface area contributed by atoms with Crippen LogP contribution >= 0.6 is 0 Å². The van der Waals surface area contributed by atoms with Gasteiger partial charge in [0.1, 0.15) is 5.58 Å². The number of rotatable bonds is 0. The monoisotopic (exact) mass is 471 g/mol. The normalized spacial score (nSPS) is 11.8. The van der Waals surface area contributed by atoms with E-state index in [1.807, 2.05) is 12.3 Å². The number of hydrogen-bond acceptors (Lipinski definition) is 2. The SMILES string of the molecule is c1cc2cc(c1)c1cccc(c1)c1cccc(c1)c1cc3c(cn1)oc1cccc(c4ccc2cc4)c13. The quantitative estimate of drug-likeness (QED) is 0.220. The zero-order valence-electron chi connectivity index (χ0n) is 20.0. The molecule has 9 aromatic rings. The van der Waals surface area contributed by atoms with E-state index in [1.165, 1.54) is 43.1 Å². The number of benzene rings is 5. The van der Waals surface area contributed by atoms with Crippen molar-refractivity contribution in [2.24, 2.45) is 0 Å². The first-order valence-electron chi connectivity index (χ1n) is 12.5. The van der Waals surface area contributed by atoms with Crippen LogP contribution in [0.15, 0.2) is 132 Å². The Kier molecular flexibility index (Phi) is 4.26. The first-order chi connectivity index (χ1) is 18.3. The van der Waals surface area contributed by atoms with E-state index in [4.69, 9.17) is 9.40 Å². The van der Waals surface area contributed by atoms with Gasteiger partial charge in [-0.1, -0.05) is 91.0 Å². The number of pyridine rings is 1. The molecule has 2 heterocycles. The molecular formula is C35H21NO. The van der Waals surface area contributed by atoms with Crippen molar-refractivity contribution in [1.82, 2.24) is 4.98 Å². The van der Waals surface area contributed by atoms with Gasteiger partial charge in [0, 0.05) is 16.2 Å². The third-order valence-electron chi connectivity index (χ3n) is 7.46. The lowest BCUT2D eigenvalue weighted by atomic mass is 10.0. The number of fused-ring (bicyclic) bond motifs is 2. The molecule has 0 saturated heterocycles. The van der Waals surface area contributed by atoms with E-state index in [2.05, 4.69) is 115 Å². The Balaban J connectivity index is 1.63. The lowest BCUT2D eigenvalue weighted by Crippen LogP contribution is -1.78. The van der Waals surface area contributed by atoms with E-state index in [-0.39, 0.29) is 0 Å². The van der Waals surface area contributed by atoms with Gasteiger partial charge in [0.15, 0.2) is 5.58 Å². The maximum absolute atomic E-state index is 6.23. The molecule has 0 aliphatic carbocycles. The summed E-state index contributed by atoms with van der Waals surface area (Å²) in [4.78, 5) is 4.79. The molecule has 0 aliphatic rings. The minimum atomic E-state index is 0.804. The Labute approximate surface area is 212 Å². The second-order valence-electron chi connectivity index (χ2n) is 9.67. The minimum Gasteiger partial charge on any atom is -0.454 e. The molecule has 0 aliphatic heterocycles. The third-order valence-corrected chi connectivity index (χ3v) is 7.46. The summed E-state index contributed by atoms with van der Waals surface area (Å²) in [7, 11) is 0. The maximum Gasteiger partial charge on any atom is 0.153 e. The van der Waals surface area contributed by atoms with Crippen LogP contribution in [0, 0.1) is 0 Å². The Hall–Kier alpha value is -4.95. The van der Waals surface area contributed by atoms with Crippen LogP contribution in [0.4, 0.5) is 0 Å². The van der Waals surface area contributed by atoms with Crippen LogP contribution in [-0.4, -0.2) is 4.98 Å². The molecule has 0 radical (unpaired) electrons. The Morgan fingerprint density at radius 2 is 0.946 bits per heavy atom. The molecule has 2 aromatic heterocycles. The van der Waals surface area contributed by atoms with Crippen LogP contribution in [0.1, 0.15) is 0 Å². The maximum atomic E-state index is 6.23. The van der Waals surface area contributed by atoms with E-state index in [0.29, 0.717) is 0 Å². The summed E-state index contributed by atoms with van der Waals surface area (Å²) < 4.78 is 6.23. The van der Waals surface area contributed by atoms with Crippen molar-refractivity contribution in [3.05, 3.63) is 128 Å². The second-order valence-corrected chi connectivity index (χ2v) is 9.67. The molecule has 2 heteroatoms. The minimum absolute atomic E-state index is 0.804. The fourth-order valence-electron chi connectivity index (χ4n) is 5.59. The summed E-state index contributed by atoms with van der Waals surface area (Å²) in [5, 5.41) is 12.8. The van der Waals surface area contributed by atoms with Gasteiger partial charge in [0.2, 0.25) is 0 Å². The van der Waals surface area contributed by atoms with Crippen molar-refractivity contribution < 1.29 is 4.42 Å². The molecular weight excluding hydrogens is 450 g/mol. The van der Waals surface area contributed by atoms with Crippen molar-refractivity contribution >= 4 is 75.9 Å². The number of aromatic nitrogens is 1. The Bertz CT molecular complexity index is 2240. The van der Waals surface area contributed by atoms with Gasteiger partial charge in [-0.05, 0) is 73.4 Å². The lowest BCUT2D eigenvalue weighted by Gasteiger charge is -2.02. The van der Waals surface area contributed by atoms with E-state index in [9.17, 15) is 0 Å². The van der Waals surface area contributed by atoms with Crippen LogP contribution in [0.3, 0.4) is 0 Å². The molecule has 2 nitrogen and oxygen atoms in total. The Morgan fingerprint density at radius 3 is 1.62 bits per heavy atom. The standard InChI is InChI=1S/C35H21NO/c1-5-24-17-25(6-1)26-7-2-8-27(18-26)28-9-3-10-29(19-28)32-20-31-34(21-36-32)37-33-12-4-11-30(35(31)33)23-15-13-22(24)14-16-23/h1-21H. The zero-order valence-corrected chi connectivity index (χ0v) is 20.0. The highest BCUT2D eigenvalue weighted by atomic mass is 16.3. The highest BCUT2D eigenvalue weighted by molar-refractivity contribution is 6.19. The zero-order chi connectivity index (χ0) is 24.3. The molecule has 37 heavy (non-hydrogen) atoms. The molecule has 10 bridgehead atoms. The average molecular weight is 472 g/mol. The van der Waals surface area contributed by atoms with E-state index in [1.54, 1.807) is 0 Å². The molecule has 0 fully saturated rings. The van der Waals surface area contributed by atoms with Gasteiger partial charge in [-0.3, -0.25) is 4.98 Å². The van der Waals surface area contributed by atoms with Crippen molar-refractivity contribution in [2.45, 2.75) is 0 Å². The number of nitrogens with zero attached hydrogens (tertiary/aromatic N) is 1. The van der Waals surface area contributed by atoms with Crippen LogP contribution in [0.2, 0.25) is 0 Å². The first-order valence-corrected chi connectivity index (χ1v) is 12.5. The molecule has 172 valence electrons. The van der Waals surface area contributed by atoms with E-state index >= 15 is 0 Å². The summed E-state index contributed by atoms with van der Waals surface area (Å²) in [6, 6.07) is 43.5. The van der Waals surface area contributed by atoms with Crippen LogP contribution in [-0.2, 0) is 0 Å². The van der Waals surface area contributed by atoms with Gasteiger partial charge >= 0.3 is 0 Å². The van der Waals surface area contributed by atoms with Crippen LogP contribution < -0.4 is 0 Å². The molecule has 0 spiro atoms. The molecule has 0 N–H and O–H groups in total. The molecule has 7 aromatic carbocycles. The Morgan fingerprint density at radius 1 is 0.405 bits per heavy atom. The van der Waals surface area contributed by atoms with Crippen molar-refractivity contribution in [3.63, 3.8) is 0 Å². The first kappa shape index (κ1) is 20.3. The van der Waals surface area contributed by atoms with Crippen LogP contribution in [0.5, 0.6) is 0 Å². The summed E-state index contributed by atoms with van der Waals surface area (Å²) in [5.41, 5.74) is 2.62. The van der Waals surface area contributed by atoms with Gasteiger partial charge in [-0.2, -0.15) is 0 Å². The highest BCUT2D eigenvalue weighted by Crippen LogP contribution is 2.34. The fraction of sp³-hybridized carbons (Fsp3) is 0. The fourth-order valence-corrected chi connectivity index (χ4v) is 5.59. The molecule has 9 rings (SSSR count). The molecule has 0 saturated carbocycles. The second kappa shape index (κ2) is 7.78. The number of furan rings is 1. The van der Waals surface area contributed by atoms with Crippen molar-refractivity contribution in [3.8, 4) is 0 Å². The van der Waals surface area contributed by atoms with Gasteiger partial charge in [0.25, 0.3) is 0 Å². The number of hydrogen-bond donors (Lipinski definition) is 0. The summed E-state index contributed by atoms with van der Waals surface area (Å²) >= 11 is 0. The van der Waals surface area contributed by atoms with Gasteiger partial charge in [0.05, 0.1) is 11.7 Å². The molecule has 0 amide bonds. The topological polar surface area (TPSA) is 26.0 Å². The summed E-state index contributed by atoms with van der Waals surface area (Å²) in [6.45, 7) is 0. The van der Waals surface area contributed by atoms with Crippen LogP contribution in [0.25, 0.3) is 75.9 Å². The van der Waals surface area contributed by atoms with Crippen molar-refractivity contribution in [1.29, 1.82) is 0 Å². The van der Waals surface area contributed by atoms with Gasteiger partial charge in [-0.15, -0.1) is 0 Å². The highest BCUT2D eigenvalue weighted by Gasteiger charge is 2.10. The van der Waals surface area contributed by atoms with Gasteiger partial charge in [-0.25, -0.2) is 0 Å². The average Bonchev–Trinajstić information content (AvgIpc) is 3.35. The smallest absolute Gasteiger partial charge is 0.153 e. The summed E-state index contributed by atoms with van der Waals surface area (Å²) in [5.74, 6) is 0. The van der Waals surface area contributed by atoms with E-state index in [0.717, 1.165) is 32.8 Å². The third kappa shape index (κ3) is 3.23. The van der Waals surface area contributed by atoms with E-state index < -0.39 is 0 Å². The summed E-state index contributed by atoms with van der Waals surface area (Å²) in [6.07, 6.45) is 1.86. The predicted molar refractivity (Wildman–Crippen MR) is 157 cm³/mol. The predicted octanol–water partition coefficient (Wildman–Crippen LogP) is 9.87. The largest absolute Gasteiger partial charge is 0.454 e. The van der Waals surface area contributed by atoms with Crippen molar-refractivity contribution in [2.75, 3.05) is 0 Å². The van der Waals surface area contributed by atoms with Gasteiger partial charge < -0.3 is 4.42 Å².